The van der Waals surface area contributed by atoms with E-state index in [1.807, 2.05) is 30.3 Å². The molecule has 194 valence electrons. The third kappa shape index (κ3) is 4.06. The zero-order chi connectivity index (χ0) is 26.9. The third-order valence-corrected chi connectivity index (χ3v) is 7.74. The summed E-state index contributed by atoms with van der Waals surface area (Å²) >= 11 is 0.601. The van der Waals surface area contributed by atoms with E-state index in [1.165, 1.54) is 18.4 Å². The number of pyridine rings is 1. The lowest BCUT2D eigenvalue weighted by molar-refractivity contribution is -0.386. The quantitative estimate of drug-likeness (QED) is 0.339. The van der Waals surface area contributed by atoms with Crippen LogP contribution in [0.1, 0.15) is 20.9 Å². The Balaban J connectivity index is 1.66. The number of thiophene rings is 1. The number of aliphatic hydroxyl groups is 1. The Morgan fingerprint density at radius 2 is 1.97 bits per heavy atom. The number of carbonyl (C=O) groups is 1. The highest BCUT2D eigenvalue weighted by atomic mass is 32.1. The van der Waals surface area contributed by atoms with Crippen molar-refractivity contribution >= 4 is 28.7 Å². The molecular formula is C26H22N4O7S. The Morgan fingerprint density at radius 3 is 2.58 bits per heavy atom. The van der Waals surface area contributed by atoms with Crippen LogP contribution in [0.2, 0.25) is 0 Å². The van der Waals surface area contributed by atoms with Crippen molar-refractivity contribution in [3.63, 3.8) is 0 Å². The van der Waals surface area contributed by atoms with Crippen molar-refractivity contribution in [2.24, 2.45) is 5.41 Å². The summed E-state index contributed by atoms with van der Waals surface area (Å²) in [6.07, 6.45) is 2.49. The summed E-state index contributed by atoms with van der Waals surface area (Å²) in [5, 5.41) is 45.4. The predicted molar refractivity (Wildman–Crippen MR) is 137 cm³/mol. The van der Waals surface area contributed by atoms with Gasteiger partial charge in [-0.05, 0) is 30.3 Å². The minimum absolute atomic E-state index is 0.118. The fraction of sp³-hybridized carbons (Fsp3) is 0.269. The molecule has 0 radical (unpaired) electrons. The highest BCUT2D eigenvalue weighted by Gasteiger charge is 2.60. The molecule has 1 aromatic carbocycles. The van der Waals surface area contributed by atoms with E-state index < -0.39 is 38.0 Å². The van der Waals surface area contributed by atoms with Crippen LogP contribution in [0.3, 0.4) is 0 Å². The molecule has 0 spiro atoms. The van der Waals surface area contributed by atoms with Gasteiger partial charge in [-0.25, -0.2) is 9.78 Å². The lowest BCUT2D eigenvalue weighted by Gasteiger charge is -2.37. The second-order valence-corrected chi connectivity index (χ2v) is 9.73. The SMILES string of the molecule is N#CC1(C(O)(c2cccc(-c3ccc(N4CCOCC4)cc3)n2)c2c([N+](=O)[O-])csc2C(=O)O)C=COC1. The molecule has 5 rings (SSSR count). The summed E-state index contributed by atoms with van der Waals surface area (Å²) in [6.45, 7) is 2.49. The molecule has 1 saturated heterocycles. The van der Waals surface area contributed by atoms with E-state index in [0.717, 1.165) is 24.2 Å². The Hall–Kier alpha value is -4.31. The smallest absolute Gasteiger partial charge is 0.346 e. The van der Waals surface area contributed by atoms with Gasteiger partial charge in [0.15, 0.2) is 11.0 Å². The number of aromatic nitrogens is 1. The number of hydrogen-bond acceptors (Lipinski definition) is 10. The number of rotatable bonds is 7. The van der Waals surface area contributed by atoms with Crippen molar-refractivity contribution in [2.75, 3.05) is 37.8 Å². The topological polar surface area (TPSA) is 159 Å². The van der Waals surface area contributed by atoms with Crippen LogP contribution >= 0.6 is 11.3 Å². The molecule has 2 N–H and O–H groups in total. The zero-order valence-corrected chi connectivity index (χ0v) is 20.8. The Bertz CT molecular complexity index is 1430. The van der Waals surface area contributed by atoms with Gasteiger partial charge < -0.3 is 24.6 Å². The lowest BCUT2D eigenvalue weighted by Crippen LogP contribution is -2.47. The number of ether oxygens (including phenoxy) is 2. The summed E-state index contributed by atoms with van der Waals surface area (Å²) in [5.41, 5.74) is -3.50. The average molecular weight is 535 g/mol. The van der Waals surface area contributed by atoms with E-state index in [9.17, 15) is 30.4 Å². The minimum atomic E-state index is -2.52. The molecule has 0 saturated carbocycles. The maximum absolute atomic E-state index is 12.3. The van der Waals surface area contributed by atoms with Gasteiger partial charge in [-0.1, -0.05) is 18.2 Å². The first kappa shape index (κ1) is 25.3. The van der Waals surface area contributed by atoms with Gasteiger partial charge in [0.25, 0.3) is 5.69 Å². The van der Waals surface area contributed by atoms with Crippen molar-refractivity contribution < 1.29 is 29.4 Å². The van der Waals surface area contributed by atoms with Crippen LogP contribution in [0.5, 0.6) is 0 Å². The molecule has 2 aliphatic heterocycles. The first-order valence-corrected chi connectivity index (χ1v) is 12.5. The van der Waals surface area contributed by atoms with E-state index in [1.54, 1.807) is 12.1 Å². The standard InChI is InChI=1S/C26H22N4O7S/c27-15-25(8-11-37-16-25)26(33,22-20(30(34)35)14-38-23(22)24(31)32)21-3-1-2-19(28-21)17-4-6-18(7-5-17)29-9-12-36-13-10-29/h1-8,11,14,33H,9-10,12-13,16H2,(H,31,32). The molecule has 38 heavy (non-hydrogen) atoms. The van der Waals surface area contributed by atoms with E-state index in [2.05, 4.69) is 9.88 Å². The van der Waals surface area contributed by atoms with Crippen molar-refractivity contribution in [1.29, 1.82) is 5.26 Å². The van der Waals surface area contributed by atoms with E-state index >= 15 is 0 Å². The number of nitrogens with zero attached hydrogens (tertiary/aromatic N) is 4. The fourth-order valence-corrected chi connectivity index (χ4v) is 5.70. The van der Waals surface area contributed by atoms with Gasteiger partial charge in [0.2, 0.25) is 0 Å². The summed E-state index contributed by atoms with van der Waals surface area (Å²) in [6, 6.07) is 14.3. The third-order valence-electron chi connectivity index (χ3n) is 6.79. The number of nitriles is 1. The summed E-state index contributed by atoms with van der Waals surface area (Å²) in [5.74, 6) is -1.47. The number of anilines is 1. The van der Waals surface area contributed by atoms with E-state index in [4.69, 9.17) is 9.47 Å². The molecule has 2 atom stereocenters. The monoisotopic (exact) mass is 534 g/mol. The molecule has 12 heteroatoms. The normalized spacial score (nSPS) is 20.4. The molecular weight excluding hydrogens is 512 g/mol. The zero-order valence-electron chi connectivity index (χ0n) is 19.9. The predicted octanol–water partition coefficient (Wildman–Crippen LogP) is 3.54. The van der Waals surface area contributed by atoms with Crippen LogP contribution in [-0.4, -0.2) is 59.0 Å². The van der Waals surface area contributed by atoms with Gasteiger partial charge in [-0.3, -0.25) is 10.1 Å². The minimum Gasteiger partial charge on any atom is -0.499 e. The number of morpholine rings is 1. The second kappa shape index (κ2) is 9.86. The number of nitro groups is 1. The molecule has 0 aliphatic carbocycles. The molecule has 2 unspecified atom stereocenters. The van der Waals surface area contributed by atoms with Gasteiger partial charge in [0, 0.05) is 24.3 Å². The highest BCUT2D eigenvalue weighted by Crippen LogP contribution is 2.53. The number of carboxylic acid groups (broad SMARTS) is 1. The Labute approximate surface area is 221 Å². The first-order chi connectivity index (χ1) is 18.3. The van der Waals surface area contributed by atoms with Crippen LogP contribution in [0.4, 0.5) is 11.4 Å². The number of carboxylic acids is 1. The summed E-state index contributed by atoms with van der Waals surface area (Å²) < 4.78 is 10.7. The fourth-order valence-electron chi connectivity index (χ4n) is 4.80. The number of aromatic carboxylic acids is 1. The van der Waals surface area contributed by atoms with Crippen LogP contribution in [0.15, 0.2) is 60.2 Å². The maximum Gasteiger partial charge on any atom is 0.346 e. The lowest BCUT2D eigenvalue weighted by atomic mass is 9.67. The van der Waals surface area contributed by atoms with Gasteiger partial charge in [-0.2, -0.15) is 5.26 Å². The molecule has 2 aromatic heterocycles. The Kier molecular flexibility index (Phi) is 6.58. The largest absolute Gasteiger partial charge is 0.499 e. The van der Waals surface area contributed by atoms with Gasteiger partial charge in [0.1, 0.15) is 11.5 Å². The van der Waals surface area contributed by atoms with Gasteiger partial charge >= 0.3 is 5.97 Å². The molecule has 2 aliphatic rings. The first-order valence-electron chi connectivity index (χ1n) is 11.6. The molecule has 3 aromatic rings. The Morgan fingerprint density at radius 1 is 1.24 bits per heavy atom. The van der Waals surface area contributed by atoms with Gasteiger partial charge in [-0.15, -0.1) is 11.3 Å². The average Bonchev–Trinajstić information content (AvgIpc) is 3.62. The van der Waals surface area contributed by atoms with E-state index in [-0.39, 0.29) is 12.3 Å². The van der Waals surface area contributed by atoms with Crippen LogP contribution in [0, 0.1) is 26.9 Å². The van der Waals surface area contributed by atoms with Crippen LogP contribution < -0.4 is 4.90 Å². The molecule has 1 fully saturated rings. The summed E-state index contributed by atoms with van der Waals surface area (Å²) in [4.78, 5) is 29.6. The van der Waals surface area contributed by atoms with Crippen LogP contribution in [-0.2, 0) is 15.1 Å². The van der Waals surface area contributed by atoms with E-state index in [0.29, 0.717) is 35.8 Å². The molecule has 0 bridgehead atoms. The number of benzene rings is 1. The molecule has 0 amide bonds. The van der Waals surface area contributed by atoms with Crippen LogP contribution in [0.25, 0.3) is 11.3 Å². The maximum atomic E-state index is 12.3. The molecule has 4 heterocycles. The van der Waals surface area contributed by atoms with Crippen molar-refractivity contribution in [2.45, 2.75) is 5.60 Å². The number of hydrogen-bond donors (Lipinski definition) is 2. The second-order valence-electron chi connectivity index (χ2n) is 8.85. The van der Waals surface area contributed by atoms with Crippen molar-refractivity contribution in [3.8, 4) is 17.3 Å². The summed E-state index contributed by atoms with van der Waals surface area (Å²) in [7, 11) is 0. The van der Waals surface area contributed by atoms with Crippen molar-refractivity contribution in [3.05, 3.63) is 86.4 Å². The molecule has 11 nitrogen and oxygen atoms in total. The van der Waals surface area contributed by atoms with Crippen molar-refractivity contribution in [1.82, 2.24) is 4.98 Å². The highest BCUT2D eigenvalue weighted by molar-refractivity contribution is 7.12. The van der Waals surface area contributed by atoms with Gasteiger partial charge in [0.05, 0.1) is 52.8 Å².